The Morgan fingerprint density at radius 1 is 1.21 bits per heavy atom. The number of pyridine rings is 1. The molecule has 1 aliphatic heterocycles. The van der Waals surface area contributed by atoms with Crippen LogP contribution in [-0.4, -0.2) is 55.8 Å². The predicted molar refractivity (Wildman–Crippen MR) is 129 cm³/mol. The van der Waals surface area contributed by atoms with Crippen LogP contribution >= 0.6 is 0 Å². The number of nitrogens with one attached hydrogen (secondary N) is 1. The Kier molecular flexibility index (Phi) is 6.66. The van der Waals surface area contributed by atoms with Crippen molar-refractivity contribution in [1.29, 1.82) is 0 Å². The summed E-state index contributed by atoms with van der Waals surface area (Å²) >= 11 is 0. The van der Waals surface area contributed by atoms with E-state index in [0.29, 0.717) is 48.6 Å². The van der Waals surface area contributed by atoms with E-state index in [9.17, 15) is 13.2 Å². The molecule has 0 bridgehead atoms. The number of nitrogens with zero attached hydrogens (tertiary/aromatic N) is 3. The van der Waals surface area contributed by atoms with Crippen LogP contribution in [0.3, 0.4) is 0 Å². The maximum Gasteiger partial charge on any atom is 0.414 e. The summed E-state index contributed by atoms with van der Waals surface area (Å²) in [6.07, 6.45) is 4.30. The minimum Gasteiger partial charge on any atom is -0.443 e. The number of anilines is 1. The van der Waals surface area contributed by atoms with Gasteiger partial charge in [-0.05, 0) is 57.9 Å². The summed E-state index contributed by atoms with van der Waals surface area (Å²) in [4.78, 5) is 18.6. The molecule has 0 spiro atoms. The fraction of sp³-hybridized carbons (Fsp3) is 0.417. The van der Waals surface area contributed by atoms with Gasteiger partial charge in [0.25, 0.3) is 0 Å². The minimum absolute atomic E-state index is 0.135. The van der Waals surface area contributed by atoms with E-state index in [2.05, 4.69) is 9.71 Å². The molecule has 1 N–H and O–H groups in total. The van der Waals surface area contributed by atoms with Gasteiger partial charge in [0.2, 0.25) is 10.0 Å². The van der Waals surface area contributed by atoms with Crippen molar-refractivity contribution in [1.82, 2.24) is 14.1 Å². The van der Waals surface area contributed by atoms with E-state index in [1.54, 1.807) is 49.8 Å². The van der Waals surface area contributed by atoms with Gasteiger partial charge in [-0.1, -0.05) is 12.1 Å². The molecule has 1 fully saturated rings. The van der Waals surface area contributed by atoms with Gasteiger partial charge in [-0.25, -0.2) is 22.9 Å². The summed E-state index contributed by atoms with van der Waals surface area (Å²) < 4.78 is 41.4. The number of hydrogen-bond acceptors (Lipinski definition) is 6. The van der Waals surface area contributed by atoms with Crippen molar-refractivity contribution in [3.8, 4) is 11.3 Å². The number of carbonyl (C=O) groups excluding carboxylic acids is 1. The number of carbonyl (C=O) groups is 1. The molecule has 1 aliphatic rings. The lowest BCUT2D eigenvalue weighted by atomic mass is 10.1. The van der Waals surface area contributed by atoms with Gasteiger partial charge in [-0.15, -0.1) is 0 Å². The summed E-state index contributed by atoms with van der Waals surface area (Å²) in [7, 11) is -2.04. The zero-order valence-electron chi connectivity index (χ0n) is 19.8. The third-order valence-electron chi connectivity index (χ3n) is 5.53. The minimum atomic E-state index is -3.68. The Morgan fingerprint density at radius 2 is 1.94 bits per heavy atom. The Morgan fingerprint density at radius 3 is 2.65 bits per heavy atom. The molecule has 3 aromatic rings. The summed E-state index contributed by atoms with van der Waals surface area (Å²) in [5.41, 5.74) is 2.08. The average molecular weight is 487 g/mol. The molecule has 4 rings (SSSR count). The average Bonchev–Trinajstić information content (AvgIpc) is 3.21. The lowest BCUT2D eigenvalue weighted by molar-refractivity contribution is 0.0589. The van der Waals surface area contributed by atoms with E-state index in [0.717, 1.165) is 0 Å². The molecule has 1 saturated heterocycles. The highest BCUT2D eigenvalue weighted by Gasteiger charge is 2.24. The van der Waals surface area contributed by atoms with Gasteiger partial charge in [0.05, 0.1) is 22.5 Å². The fourth-order valence-electron chi connectivity index (χ4n) is 3.74. The first-order valence-electron chi connectivity index (χ1n) is 11.2. The quantitative estimate of drug-likeness (QED) is 0.588. The second-order valence-corrected chi connectivity index (χ2v) is 11.0. The maximum atomic E-state index is 13.0. The maximum absolute atomic E-state index is 13.0. The summed E-state index contributed by atoms with van der Waals surface area (Å²) in [6.45, 7) is 6.54. The van der Waals surface area contributed by atoms with Crippen molar-refractivity contribution in [3.63, 3.8) is 0 Å². The number of imidazole rings is 1. The zero-order chi connectivity index (χ0) is 24.5. The van der Waals surface area contributed by atoms with Crippen molar-refractivity contribution >= 4 is 27.5 Å². The summed E-state index contributed by atoms with van der Waals surface area (Å²) in [5.74, 6) is 0. The lowest BCUT2D eigenvalue weighted by Gasteiger charge is -2.24. The van der Waals surface area contributed by atoms with E-state index in [4.69, 9.17) is 9.47 Å². The van der Waals surface area contributed by atoms with Crippen molar-refractivity contribution in [2.24, 2.45) is 0 Å². The van der Waals surface area contributed by atoms with Crippen LogP contribution in [0.5, 0.6) is 0 Å². The molecule has 10 heteroatoms. The van der Waals surface area contributed by atoms with Crippen LogP contribution in [0.15, 0.2) is 53.7 Å². The van der Waals surface area contributed by atoms with E-state index in [1.807, 2.05) is 31.2 Å². The number of sulfonamides is 1. The Hall–Kier alpha value is -2.95. The molecule has 34 heavy (non-hydrogen) atoms. The molecule has 3 heterocycles. The summed E-state index contributed by atoms with van der Waals surface area (Å²) in [6, 6.07) is 10.2. The van der Waals surface area contributed by atoms with Crippen LogP contribution < -0.4 is 9.62 Å². The highest BCUT2D eigenvalue weighted by atomic mass is 32.2. The van der Waals surface area contributed by atoms with Gasteiger partial charge in [0.1, 0.15) is 11.2 Å². The molecule has 0 saturated carbocycles. The Balaban J connectivity index is 1.64. The van der Waals surface area contributed by atoms with Crippen LogP contribution in [0.2, 0.25) is 0 Å². The topological polar surface area (TPSA) is 102 Å². The standard InChI is InChI=1S/C24H30N4O5S/c1-24(2,3)33-23(29)27(4)19-8-9-22-25-15-21(28(22)16-19)17-6-5-7-20(14-17)34(30,31)26-18-10-12-32-13-11-18/h5-9,14-16,18,26H,10-13H2,1-4H3. The molecular weight excluding hydrogens is 456 g/mol. The number of aromatic nitrogens is 2. The monoisotopic (exact) mass is 486 g/mol. The molecule has 0 atom stereocenters. The van der Waals surface area contributed by atoms with Crippen LogP contribution in [0.1, 0.15) is 33.6 Å². The second-order valence-electron chi connectivity index (χ2n) is 9.33. The smallest absolute Gasteiger partial charge is 0.414 e. The van der Waals surface area contributed by atoms with Crippen molar-refractivity contribution in [3.05, 3.63) is 48.8 Å². The number of ether oxygens (including phenoxy) is 2. The van der Waals surface area contributed by atoms with Gasteiger partial charge in [0.15, 0.2) is 0 Å². The van der Waals surface area contributed by atoms with Gasteiger partial charge in [-0.3, -0.25) is 9.30 Å². The molecule has 0 radical (unpaired) electrons. The van der Waals surface area contributed by atoms with Crippen LogP contribution in [-0.2, 0) is 19.5 Å². The molecule has 2 aromatic heterocycles. The molecule has 9 nitrogen and oxygen atoms in total. The van der Waals surface area contributed by atoms with E-state index in [1.165, 1.54) is 4.90 Å². The lowest BCUT2D eigenvalue weighted by Crippen LogP contribution is -2.38. The van der Waals surface area contributed by atoms with Crippen LogP contribution in [0.4, 0.5) is 10.5 Å². The highest BCUT2D eigenvalue weighted by molar-refractivity contribution is 7.89. The number of hydrogen-bond donors (Lipinski definition) is 1. The van der Waals surface area contributed by atoms with Crippen LogP contribution in [0.25, 0.3) is 16.9 Å². The van der Waals surface area contributed by atoms with Crippen molar-refractivity contribution in [2.75, 3.05) is 25.2 Å². The third kappa shape index (κ3) is 5.40. The van der Waals surface area contributed by atoms with Crippen molar-refractivity contribution < 1.29 is 22.7 Å². The van der Waals surface area contributed by atoms with E-state index in [-0.39, 0.29) is 10.9 Å². The Labute approximate surface area is 199 Å². The van der Waals surface area contributed by atoms with Gasteiger partial charge >= 0.3 is 6.09 Å². The first-order valence-corrected chi connectivity index (χ1v) is 12.7. The molecule has 182 valence electrons. The second kappa shape index (κ2) is 9.36. The number of benzene rings is 1. The SMILES string of the molecule is CN(C(=O)OC(C)(C)C)c1ccc2ncc(-c3cccc(S(=O)(=O)NC4CCOCC4)c3)n2c1. The predicted octanol–water partition coefficient (Wildman–Crippen LogP) is 3.83. The molecule has 1 amide bonds. The number of amides is 1. The van der Waals surface area contributed by atoms with Crippen molar-refractivity contribution in [2.45, 2.75) is 50.2 Å². The molecular formula is C24H30N4O5S. The van der Waals surface area contributed by atoms with Gasteiger partial charge < -0.3 is 9.47 Å². The first kappa shape index (κ1) is 24.2. The van der Waals surface area contributed by atoms with Gasteiger partial charge in [0, 0.05) is 38.1 Å². The third-order valence-corrected chi connectivity index (χ3v) is 7.05. The number of rotatable bonds is 5. The highest BCUT2D eigenvalue weighted by Crippen LogP contribution is 2.26. The number of fused-ring (bicyclic) bond motifs is 1. The van der Waals surface area contributed by atoms with E-state index >= 15 is 0 Å². The molecule has 0 unspecified atom stereocenters. The largest absolute Gasteiger partial charge is 0.443 e. The van der Waals surface area contributed by atoms with Gasteiger partial charge in [-0.2, -0.15) is 0 Å². The fourth-order valence-corrected chi connectivity index (χ4v) is 5.09. The summed E-state index contributed by atoms with van der Waals surface area (Å²) in [5, 5.41) is 0. The zero-order valence-corrected chi connectivity index (χ0v) is 20.6. The molecule has 1 aromatic carbocycles. The van der Waals surface area contributed by atoms with E-state index < -0.39 is 21.7 Å². The molecule has 0 aliphatic carbocycles. The normalized spacial score (nSPS) is 15.4. The van der Waals surface area contributed by atoms with Crippen LogP contribution in [0, 0.1) is 0 Å². The Bertz CT molecular complexity index is 1290. The first-order chi connectivity index (χ1) is 16.0.